The molecular formula is C16H17Br2NOS. The smallest absolute Gasteiger partial charge is 0.127 e. The zero-order valence-corrected chi connectivity index (χ0v) is 15.8. The first kappa shape index (κ1) is 15.5. The van der Waals surface area contributed by atoms with Gasteiger partial charge in [0.05, 0.1) is 16.4 Å². The fourth-order valence-electron chi connectivity index (χ4n) is 2.68. The third-order valence-electron chi connectivity index (χ3n) is 3.61. The van der Waals surface area contributed by atoms with Crippen molar-refractivity contribution in [1.29, 1.82) is 0 Å². The first-order chi connectivity index (χ1) is 10.2. The van der Waals surface area contributed by atoms with Crippen LogP contribution in [-0.2, 0) is 6.42 Å². The van der Waals surface area contributed by atoms with Crippen LogP contribution in [0.2, 0.25) is 0 Å². The van der Waals surface area contributed by atoms with Gasteiger partial charge in [-0.2, -0.15) is 0 Å². The molecule has 3 rings (SSSR count). The largest absolute Gasteiger partial charge is 0.493 e. The molecule has 1 aromatic heterocycles. The zero-order valence-electron chi connectivity index (χ0n) is 11.8. The van der Waals surface area contributed by atoms with Gasteiger partial charge in [-0.3, -0.25) is 0 Å². The predicted molar refractivity (Wildman–Crippen MR) is 95.5 cm³/mol. The Hall–Kier alpha value is -0.360. The van der Waals surface area contributed by atoms with Crippen LogP contribution in [0, 0.1) is 0 Å². The molecule has 1 N–H and O–H groups in total. The molecule has 0 radical (unpaired) electrons. The first-order valence-corrected chi connectivity index (χ1v) is 9.58. The molecule has 0 aliphatic carbocycles. The van der Waals surface area contributed by atoms with Gasteiger partial charge in [-0.1, -0.05) is 22.9 Å². The first-order valence-electron chi connectivity index (χ1n) is 7.11. The second-order valence-electron chi connectivity index (χ2n) is 5.15. The second kappa shape index (κ2) is 6.82. The zero-order chi connectivity index (χ0) is 14.8. The quantitative estimate of drug-likeness (QED) is 0.694. The number of benzene rings is 1. The molecule has 0 fully saturated rings. The highest BCUT2D eigenvalue weighted by Crippen LogP contribution is 2.40. The third kappa shape index (κ3) is 3.36. The highest BCUT2D eigenvalue weighted by Gasteiger charge is 2.24. The minimum absolute atomic E-state index is 0.178. The van der Waals surface area contributed by atoms with Gasteiger partial charge in [0.15, 0.2) is 0 Å². The Kier molecular flexibility index (Phi) is 5.04. The van der Waals surface area contributed by atoms with E-state index in [4.69, 9.17) is 4.74 Å². The molecule has 2 heterocycles. The average molecular weight is 431 g/mol. The van der Waals surface area contributed by atoms with Crippen molar-refractivity contribution in [2.24, 2.45) is 0 Å². The van der Waals surface area contributed by atoms with Crippen LogP contribution in [-0.4, -0.2) is 13.2 Å². The van der Waals surface area contributed by atoms with Gasteiger partial charge in [-0.05, 0) is 63.6 Å². The molecule has 21 heavy (non-hydrogen) atoms. The minimum Gasteiger partial charge on any atom is -0.493 e. The predicted octanol–water partition coefficient (Wildman–Crippen LogP) is 5.30. The van der Waals surface area contributed by atoms with E-state index in [1.807, 2.05) is 0 Å². The number of halogens is 2. The minimum atomic E-state index is 0.178. The molecule has 0 bridgehead atoms. The molecule has 1 aliphatic rings. The van der Waals surface area contributed by atoms with Gasteiger partial charge in [0, 0.05) is 16.5 Å². The summed E-state index contributed by atoms with van der Waals surface area (Å²) in [6, 6.07) is 6.73. The molecule has 0 spiro atoms. The van der Waals surface area contributed by atoms with E-state index >= 15 is 0 Å². The number of fused-ring (bicyclic) bond motifs is 1. The number of thiophene rings is 1. The van der Waals surface area contributed by atoms with Gasteiger partial charge < -0.3 is 10.1 Å². The summed E-state index contributed by atoms with van der Waals surface area (Å²) in [5.41, 5.74) is 3.82. The van der Waals surface area contributed by atoms with Crippen LogP contribution in [0.1, 0.15) is 36.1 Å². The lowest BCUT2D eigenvalue weighted by atomic mass is 9.97. The van der Waals surface area contributed by atoms with E-state index in [0.717, 1.165) is 40.0 Å². The van der Waals surface area contributed by atoms with Crippen molar-refractivity contribution < 1.29 is 4.74 Å². The van der Waals surface area contributed by atoms with Gasteiger partial charge in [-0.25, -0.2) is 0 Å². The molecule has 2 nitrogen and oxygen atoms in total. The van der Waals surface area contributed by atoms with Crippen LogP contribution in [0.4, 0.5) is 0 Å². The Morgan fingerprint density at radius 3 is 2.90 bits per heavy atom. The monoisotopic (exact) mass is 429 g/mol. The fourth-order valence-corrected chi connectivity index (χ4v) is 4.41. The maximum atomic E-state index is 5.90. The summed E-state index contributed by atoms with van der Waals surface area (Å²) in [6.07, 6.45) is 2.11. The van der Waals surface area contributed by atoms with Crippen molar-refractivity contribution in [1.82, 2.24) is 5.32 Å². The molecule has 1 aliphatic heterocycles. The molecule has 1 aromatic carbocycles. The molecule has 5 heteroatoms. The van der Waals surface area contributed by atoms with E-state index in [9.17, 15) is 0 Å². The lowest BCUT2D eigenvalue weighted by molar-refractivity contribution is 0.350. The van der Waals surface area contributed by atoms with Crippen molar-refractivity contribution in [3.8, 4) is 5.75 Å². The maximum absolute atomic E-state index is 5.90. The van der Waals surface area contributed by atoms with E-state index in [0.29, 0.717) is 0 Å². The number of ether oxygens (including phenoxy) is 1. The van der Waals surface area contributed by atoms with Gasteiger partial charge in [0.1, 0.15) is 5.75 Å². The highest BCUT2D eigenvalue weighted by molar-refractivity contribution is 9.11. The molecule has 0 saturated heterocycles. The summed E-state index contributed by atoms with van der Waals surface area (Å²) in [7, 11) is 0. The van der Waals surface area contributed by atoms with Crippen molar-refractivity contribution in [3.05, 3.63) is 48.5 Å². The summed E-state index contributed by atoms with van der Waals surface area (Å²) in [5, 5.41) is 5.87. The van der Waals surface area contributed by atoms with Crippen LogP contribution in [0.15, 0.2) is 31.8 Å². The average Bonchev–Trinajstić information content (AvgIpc) is 3.08. The Labute approximate surface area is 146 Å². The summed E-state index contributed by atoms with van der Waals surface area (Å²) >= 11 is 8.93. The maximum Gasteiger partial charge on any atom is 0.127 e. The lowest BCUT2D eigenvalue weighted by Crippen LogP contribution is -2.23. The Morgan fingerprint density at radius 2 is 2.19 bits per heavy atom. The van der Waals surface area contributed by atoms with Crippen molar-refractivity contribution in [3.63, 3.8) is 0 Å². The SMILES string of the molecule is CCCNC(c1csc(Br)c1)c1cc(Br)cc2c1OCC2. The van der Waals surface area contributed by atoms with E-state index in [2.05, 4.69) is 67.7 Å². The molecule has 1 atom stereocenters. The number of nitrogens with one attached hydrogen (secondary N) is 1. The molecule has 0 amide bonds. The summed E-state index contributed by atoms with van der Waals surface area (Å²) in [6.45, 7) is 3.96. The van der Waals surface area contributed by atoms with Crippen LogP contribution in [0.25, 0.3) is 0 Å². The molecule has 1 unspecified atom stereocenters. The van der Waals surface area contributed by atoms with E-state index < -0.39 is 0 Å². The van der Waals surface area contributed by atoms with Crippen molar-refractivity contribution in [2.75, 3.05) is 13.2 Å². The second-order valence-corrected chi connectivity index (χ2v) is 8.36. The molecule has 2 aromatic rings. The van der Waals surface area contributed by atoms with Crippen LogP contribution >= 0.6 is 43.2 Å². The fraction of sp³-hybridized carbons (Fsp3) is 0.375. The van der Waals surface area contributed by atoms with E-state index in [1.165, 1.54) is 16.7 Å². The molecule has 0 saturated carbocycles. The van der Waals surface area contributed by atoms with Crippen LogP contribution in [0.5, 0.6) is 5.75 Å². The Morgan fingerprint density at radius 1 is 1.33 bits per heavy atom. The third-order valence-corrected chi connectivity index (χ3v) is 5.59. The Balaban J connectivity index is 2.04. The van der Waals surface area contributed by atoms with Crippen molar-refractivity contribution in [2.45, 2.75) is 25.8 Å². The van der Waals surface area contributed by atoms with Crippen LogP contribution in [0.3, 0.4) is 0 Å². The van der Waals surface area contributed by atoms with Crippen molar-refractivity contribution >= 4 is 43.2 Å². The summed E-state index contributed by atoms with van der Waals surface area (Å²) in [4.78, 5) is 0. The van der Waals surface area contributed by atoms with E-state index in [1.54, 1.807) is 11.3 Å². The van der Waals surface area contributed by atoms with Gasteiger partial charge >= 0.3 is 0 Å². The van der Waals surface area contributed by atoms with Gasteiger partial charge in [-0.15, -0.1) is 11.3 Å². The highest BCUT2D eigenvalue weighted by atomic mass is 79.9. The normalized spacial score (nSPS) is 14.8. The van der Waals surface area contributed by atoms with Gasteiger partial charge in [0.2, 0.25) is 0 Å². The number of hydrogen-bond acceptors (Lipinski definition) is 3. The van der Waals surface area contributed by atoms with E-state index in [-0.39, 0.29) is 6.04 Å². The molecular weight excluding hydrogens is 414 g/mol. The lowest BCUT2D eigenvalue weighted by Gasteiger charge is -2.21. The summed E-state index contributed by atoms with van der Waals surface area (Å²) in [5.74, 6) is 1.06. The summed E-state index contributed by atoms with van der Waals surface area (Å²) < 4.78 is 8.19. The number of hydrogen-bond donors (Lipinski definition) is 1. The number of rotatable bonds is 5. The standard InChI is InChI=1S/C16H17Br2NOS/c1-2-4-19-15(11-7-14(18)21-9-11)13-8-12(17)6-10-3-5-20-16(10)13/h6-9,15,19H,2-5H2,1H3. The van der Waals surface area contributed by atoms with Gasteiger partial charge in [0.25, 0.3) is 0 Å². The Bertz CT molecular complexity index is 641. The topological polar surface area (TPSA) is 21.3 Å². The van der Waals surface area contributed by atoms with Crippen LogP contribution < -0.4 is 10.1 Å². The molecule has 112 valence electrons.